The Bertz CT molecular complexity index is 1790. The zero-order valence-corrected chi connectivity index (χ0v) is 26.9. The van der Waals surface area contributed by atoms with Crippen LogP contribution in [0.4, 0.5) is 11.4 Å². The highest BCUT2D eigenvalue weighted by Crippen LogP contribution is 2.59. The van der Waals surface area contributed by atoms with E-state index in [1.807, 2.05) is 56.3 Å². The fraction of sp³-hybridized carbons (Fsp3) is 0.368. The molecule has 2 heterocycles. The summed E-state index contributed by atoms with van der Waals surface area (Å²) in [6, 6.07) is 18.3. The van der Waals surface area contributed by atoms with Crippen LogP contribution in [0.15, 0.2) is 72.3 Å². The summed E-state index contributed by atoms with van der Waals surface area (Å²) in [4.78, 5) is 59.4. The van der Waals surface area contributed by atoms with Crippen molar-refractivity contribution >= 4 is 35.0 Å². The molecule has 1 N–H and O–H groups in total. The molecule has 6 unspecified atom stereocenters. The van der Waals surface area contributed by atoms with Crippen molar-refractivity contribution in [2.75, 3.05) is 24.0 Å². The monoisotopic (exact) mass is 634 g/mol. The summed E-state index contributed by atoms with van der Waals surface area (Å²) in [6.45, 7) is 4.09. The van der Waals surface area contributed by atoms with Crippen molar-refractivity contribution in [2.24, 2.45) is 29.6 Å². The van der Waals surface area contributed by atoms with Crippen molar-refractivity contribution in [2.45, 2.75) is 45.4 Å². The number of amides is 4. The number of phenols is 1. The van der Waals surface area contributed by atoms with E-state index in [2.05, 4.69) is 0 Å². The summed E-state index contributed by atoms with van der Waals surface area (Å²) in [5.74, 6) is -4.72. The number of benzene rings is 3. The number of rotatable bonds is 7. The van der Waals surface area contributed by atoms with E-state index < -0.39 is 35.5 Å². The lowest BCUT2D eigenvalue weighted by Crippen LogP contribution is -2.43. The number of hydrogen-bond acceptors (Lipinski definition) is 7. The van der Waals surface area contributed by atoms with Crippen LogP contribution >= 0.6 is 0 Å². The molecule has 0 aromatic heterocycles. The number of methoxy groups -OCH3 is 2. The van der Waals surface area contributed by atoms with Crippen LogP contribution in [0.2, 0.25) is 0 Å². The molecule has 242 valence electrons. The lowest BCUT2D eigenvalue weighted by Gasteiger charge is -2.44. The number of phenolic OH excluding ortho intramolecular Hbond substituents is 1. The second-order valence-electron chi connectivity index (χ2n) is 12.9. The molecule has 0 spiro atoms. The first-order valence-electron chi connectivity index (χ1n) is 16.3. The third kappa shape index (κ3) is 4.66. The van der Waals surface area contributed by atoms with E-state index in [0.717, 1.165) is 29.5 Å². The highest BCUT2D eigenvalue weighted by Gasteiger charge is 2.62. The van der Waals surface area contributed by atoms with Crippen molar-refractivity contribution in [3.8, 4) is 17.2 Å². The van der Waals surface area contributed by atoms with Crippen molar-refractivity contribution < 1.29 is 33.8 Å². The molecule has 4 amide bonds. The van der Waals surface area contributed by atoms with E-state index in [-0.39, 0.29) is 47.3 Å². The maximum Gasteiger partial charge on any atom is 0.238 e. The predicted molar refractivity (Wildman–Crippen MR) is 175 cm³/mol. The first kappa shape index (κ1) is 30.7. The van der Waals surface area contributed by atoms with Gasteiger partial charge < -0.3 is 14.6 Å². The molecule has 3 aromatic rings. The van der Waals surface area contributed by atoms with Gasteiger partial charge in [-0.05, 0) is 84.7 Å². The Labute approximate surface area is 273 Å². The average molecular weight is 635 g/mol. The first-order chi connectivity index (χ1) is 22.7. The Morgan fingerprint density at radius 1 is 0.681 bits per heavy atom. The highest BCUT2D eigenvalue weighted by molar-refractivity contribution is 6.24. The second kappa shape index (κ2) is 11.7. The average Bonchev–Trinajstić information content (AvgIpc) is 3.51. The molecule has 2 aliphatic carbocycles. The molecule has 3 aromatic carbocycles. The van der Waals surface area contributed by atoms with E-state index in [0.29, 0.717) is 23.4 Å². The van der Waals surface area contributed by atoms with Gasteiger partial charge in [-0.25, -0.2) is 0 Å². The van der Waals surface area contributed by atoms with Gasteiger partial charge in [-0.2, -0.15) is 0 Å². The van der Waals surface area contributed by atoms with Crippen LogP contribution in [0.25, 0.3) is 0 Å². The molecule has 0 bridgehead atoms. The topological polar surface area (TPSA) is 113 Å². The third-order valence-corrected chi connectivity index (χ3v) is 10.7. The molecule has 9 nitrogen and oxygen atoms in total. The van der Waals surface area contributed by atoms with E-state index in [1.165, 1.54) is 24.0 Å². The summed E-state index contributed by atoms with van der Waals surface area (Å²) >= 11 is 0. The molecule has 3 fully saturated rings. The van der Waals surface area contributed by atoms with Crippen molar-refractivity contribution in [3.05, 3.63) is 89.0 Å². The van der Waals surface area contributed by atoms with Crippen LogP contribution in [0, 0.1) is 29.6 Å². The number of ether oxygens (including phenoxy) is 2. The number of carbonyl (C=O) groups excluding carboxylic acids is 4. The van der Waals surface area contributed by atoms with Gasteiger partial charge in [-0.15, -0.1) is 0 Å². The number of anilines is 2. The smallest absolute Gasteiger partial charge is 0.238 e. The van der Waals surface area contributed by atoms with E-state index >= 15 is 0 Å². The zero-order valence-electron chi connectivity index (χ0n) is 26.9. The predicted octanol–water partition coefficient (Wildman–Crippen LogP) is 5.58. The lowest BCUT2D eigenvalue weighted by atomic mass is 9.57. The van der Waals surface area contributed by atoms with Gasteiger partial charge in [0.15, 0.2) is 11.5 Å². The molecule has 6 atom stereocenters. The van der Waals surface area contributed by atoms with Gasteiger partial charge in [0.05, 0.1) is 49.3 Å². The van der Waals surface area contributed by atoms with E-state index in [1.54, 1.807) is 24.3 Å². The van der Waals surface area contributed by atoms with Gasteiger partial charge in [-0.3, -0.25) is 29.0 Å². The maximum absolute atomic E-state index is 14.4. The summed E-state index contributed by atoms with van der Waals surface area (Å²) in [5, 5.41) is 10.7. The molecule has 47 heavy (non-hydrogen) atoms. The summed E-state index contributed by atoms with van der Waals surface area (Å²) in [5.41, 5.74) is 4.74. The number of aromatic hydroxyl groups is 1. The Kier molecular flexibility index (Phi) is 7.65. The SMILES string of the molecule is CCc1ccc(N2C(=O)C3CC=C4C(CC5C(=O)N(c6ccc(CC)cc6)C(=O)C5C4c4cc(OC)c(O)c(OC)c4)C3C2=O)cc1. The Hall–Kier alpha value is -4.92. The molecule has 1 saturated carbocycles. The van der Waals surface area contributed by atoms with Crippen molar-refractivity contribution in [3.63, 3.8) is 0 Å². The molecule has 2 saturated heterocycles. The van der Waals surface area contributed by atoms with Gasteiger partial charge in [0, 0.05) is 5.92 Å². The van der Waals surface area contributed by atoms with Crippen molar-refractivity contribution in [1.82, 2.24) is 0 Å². The van der Waals surface area contributed by atoms with Gasteiger partial charge in [0.25, 0.3) is 0 Å². The minimum atomic E-state index is -0.753. The molecular weight excluding hydrogens is 596 g/mol. The third-order valence-electron chi connectivity index (χ3n) is 10.7. The minimum Gasteiger partial charge on any atom is -0.502 e. The molecule has 7 rings (SSSR count). The van der Waals surface area contributed by atoms with Crippen LogP contribution in [0.5, 0.6) is 17.2 Å². The van der Waals surface area contributed by atoms with Crippen LogP contribution in [-0.4, -0.2) is 43.0 Å². The fourth-order valence-electron chi connectivity index (χ4n) is 8.33. The molecule has 2 aliphatic heterocycles. The Morgan fingerprint density at radius 3 is 1.66 bits per heavy atom. The number of aryl methyl sites for hydroxylation is 2. The normalized spacial score (nSPS) is 26.6. The minimum absolute atomic E-state index is 0.171. The summed E-state index contributed by atoms with van der Waals surface area (Å²) in [7, 11) is 2.87. The molecular formula is C38H38N2O7. The zero-order chi connectivity index (χ0) is 33.1. The quantitative estimate of drug-likeness (QED) is 0.267. The van der Waals surface area contributed by atoms with Crippen LogP contribution in [-0.2, 0) is 32.0 Å². The second-order valence-corrected chi connectivity index (χ2v) is 12.9. The number of nitrogens with zero attached hydrogens (tertiary/aromatic N) is 2. The van der Waals surface area contributed by atoms with E-state index in [4.69, 9.17) is 9.47 Å². The summed E-state index contributed by atoms with van der Waals surface area (Å²) in [6.07, 6.45) is 4.28. The van der Waals surface area contributed by atoms with Crippen LogP contribution in [0.3, 0.4) is 0 Å². The van der Waals surface area contributed by atoms with Crippen molar-refractivity contribution in [1.29, 1.82) is 0 Å². The Morgan fingerprint density at radius 2 is 1.17 bits per heavy atom. The standard InChI is InChI=1S/C38H38N2O7/c1-5-20-7-11-23(12-8-20)39-35(42)26-16-15-25-27(32(26)37(39)44)19-28-33(31(25)22-17-29(46-3)34(41)30(18-22)47-4)38(45)40(36(28)43)24-13-9-21(6-2)10-14-24/h7-15,17-18,26-28,31-33,41H,5-6,16,19H2,1-4H3. The van der Waals surface area contributed by atoms with Crippen LogP contribution < -0.4 is 19.3 Å². The van der Waals surface area contributed by atoms with Gasteiger partial charge >= 0.3 is 0 Å². The maximum atomic E-state index is 14.4. The Balaban J connectivity index is 1.34. The van der Waals surface area contributed by atoms with Crippen LogP contribution in [0.1, 0.15) is 49.3 Å². The molecule has 9 heteroatoms. The first-order valence-corrected chi connectivity index (χ1v) is 16.3. The number of carbonyl (C=O) groups is 4. The fourth-order valence-corrected chi connectivity index (χ4v) is 8.33. The summed E-state index contributed by atoms with van der Waals surface area (Å²) < 4.78 is 11.0. The molecule has 0 radical (unpaired) electrons. The van der Waals surface area contributed by atoms with E-state index in [9.17, 15) is 24.3 Å². The largest absolute Gasteiger partial charge is 0.502 e. The highest BCUT2D eigenvalue weighted by atomic mass is 16.5. The number of fused-ring (bicyclic) bond motifs is 4. The number of allylic oxidation sites excluding steroid dienone is 2. The molecule has 4 aliphatic rings. The lowest BCUT2D eigenvalue weighted by molar-refractivity contribution is -0.126. The van der Waals surface area contributed by atoms with Gasteiger partial charge in [0.2, 0.25) is 29.4 Å². The van der Waals surface area contributed by atoms with Gasteiger partial charge in [0.1, 0.15) is 0 Å². The number of hydrogen-bond donors (Lipinski definition) is 1. The number of imide groups is 2. The van der Waals surface area contributed by atoms with Gasteiger partial charge in [-0.1, -0.05) is 49.8 Å².